The van der Waals surface area contributed by atoms with Gasteiger partial charge in [-0.15, -0.1) is 0 Å². The molecule has 0 fully saturated rings. The summed E-state index contributed by atoms with van der Waals surface area (Å²) in [5.74, 6) is 0.863. The van der Waals surface area contributed by atoms with E-state index in [1.54, 1.807) is 49.1 Å². The van der Waals surface area contributed by atoms with Gasteiger partial charge in [0, 0.05) is 71.8 Å². The molecule has 0 aliphatic heterocycles. The Hall–Kier alpha value is -0.953. The van der Waals surface area contributed by atoms with Crippen LogP contribution in [-0.2, 0) is 27.6 Å². The van der Waals surface area contributed by atoms with Gasteiger partial charge in [0.2, 0.25) is 0 Å². The smallest absolute Gasteiger partial charge is 0.466 e. The Balaban J connectivity index is 2.43. The quantitative estimate of drug-likeness (QED) is 0.109. The second-order valence-corrected chi connectivity index (χ2v) is 12.8. The van der Waals surface area contributed by atoms with E-state index >= 15 is 0 Å². The fraction of sp³-hybridized carbons (Fsp3) is 0.682. The lowest BCUT2D eigenvalue weighted by Gasteiger charge is -2.24. The summed E-state index contributed by atoms with van der Waals surface area (Å²) < 4.78 is 21.4. The Morgan fingerprint density at radius 1 is 1.03 bits per heavy atom. The van der Waals surface area contributed by atoms with Crippen LogP contribution in [0.4, 0.5) is 0 Å². The summed E-state index contributed by atoms with van der Waals surface area (Å²) >= 11 is 0. The Morgan fingerprint density at radius 3 is 2.39 bits per heavy atom. The minimum atomic E-state index is -2.64. The van der Waals surface area contributed by atoms with Crippen LogP contribution >= 0.6 is 21.6 Å². The zero-order chi connectivity index (χ0) is 24.4. The third-order valence-electron chi connectivity index (χ3n) is 4.95. The highest BCUT2D eigenvalue weighted by molar-refractivity contribution is 8.76. The second-order valence-electron chi connectivity index (χ2n) is 7.32. The van der Waals surface area contributed by atoms with E-state index in [-0.39, 0.29) is 11.8 Å². The molecule has 0 bridgehead atoms. The minimum Gasteiger partial charge on any atom is -0.466 e. The minimum absolute atomic E-state index is 0.190. The van der Waals surface area contributed by atoms with Gasteiger partial charge in [-0.05, 0) is 35.8 Å². The van der Waals surface area contributed by atoms with Crippen molar-refractivity contribution < 1.29 is 27.6 Å². The number of rotatable bonds is 20. The van der Waals surface area contributed by atoms with Crippen LogP contribution in [0.25, 0.3) is 0 Å². The van der Waals surface area contributed by atoms with Gasteiger partial charge in [-0.3, -0.25) is 9.59 Å². The van der Waals surface area contributed by atoms with Crippen molar-refractivity contribution in [1.29, 1.82) is 0 Å². The maximum Gasteiger partial charge on any atom is 0.500 e. The number of ether oxygens (including phenoxy) is 1. The summed E-state index contributed by atoms with van der Waals surface area (Å²) in [4.78, 5) is 30.8. The highest BCUT2D eigenvalue weighted by atomic mass is 33.1. The highest BCUT2D eigenvalue weighted by Crippen LogP contribution is 2.28. The SMILES string of the molecule is CCCOC(=O)CCN(CCSSc1ccccn1)CCC(=O)CCC[Si](OC)(OC)OC. The molecule has 1 aromatic heterocycles. The fourth-order valence-corrected chi connectivity index (χ4v) is 6.63. The molecule has 0 unspecified atom stereocenters. The van der Waals surface area contributed by atoms with Crippen molar-refractivity contribution in [3.05, 3.63) is 24.4 Å². The lowest BCUT2D eigenvalue weighted by atomic mass is 10.1. The third kappa shape index (κ3) is 13.5. The van der Waals surface area contributed by atoms with Gasteiger partial charge in [0.05, 0.1) is 13.0 Å². The molecule has 0 aromatic carbocycles. The zero-order valence-electron chi connectivity index (χ0n) is 20.2. The number of nitrogens with zero attached hydrogens (tertiary/aromatic N) is 2. The molecular weight excluding hydrogens is 480 g/mol. The van der Waals surface area contributed by atoms with Crippen molar-refractivity contribution in [2.24, 2.45) is 0 Å². The first-order valence-electron chi connectivity index (χ1n) is 11.2. The van der Waals surface area contributed by atoms with E-state index in [4.69, 9.17) is 18.0 Å². The number of pyridine rings is 1. The second kappa shape index (κ2) is 18.4. The molecule has 1 rings (SSSR count). The summed E-state index contributed by atoms with van der Waals surface area (Å²) in [7, 11) is 5.44. The van der Waals surface area contributed by atoms with Crippen LogP contribution in [0, 0.1) is 0 Å². The van der Waals surface area contributed by atoms with Crippen molar-refractivity contribution in [1.82, 2.24) is 9.88 Å². The number of aromatic nitrogens is 1. The molecule has 0 radical (unpaired) electrons. The van der Waals surface area contributed by atoms with E-state index in [0.29, 0.717) is 51.4 Å². The lowest BCUT2D eigenvalue weighted by molar-refractivity contribution is -0.144. The van der Waals surface area contributed by atoms with Crippen LogP contribution < -0.4 is 0 Å². The largest absolute Gasteiger partial charge is 0.500 e. The first-order chi connectivity index (χ1) is 16.0. The van der Waals surface area contributed by atoms with E-state index in [2.05, 4.69) is 9.88 Å². The molecule has 33 heavy (non-hydrogen) atoms. The normalized spacial score (nSPS) is 11.7. The van der Waals surface area contributed by atoms with E-state index in [9.17, 15) is 9.59 Å². The van der Waals surface area contributed by atoms with Gasteiger partial charge in [-0.1, -0.05) is 23.8 Å². The Kier molecular flexibility index (Phi) is 16.8. The van der Waals surface area contributed by atoms with E-state index in [1.807, 2.05) is 25.1 Å². The van der Waals surface area contributed by atoms with E-state index < -0.39 is 8.80 Å². The van der Waals surface area contributed by atoms with Crippen molar-refractivity contribution in [3.8, 4) is 0 Å². The number of Topliss-reactive ketones (excluding diaryl/α,β-unsaturated/α-hetero) is 1. The Morgan fingerprint density at radius 2 is 1.76 bits per heavy atom. The molecule has 0 saturated heterocycles. The summed E-state index contributed by atoms with van der Waals surface area (Å²) in [6, 6.07) is 6.45. The summed E-state index contributed by atoms with van der Waals surface area (Å²) in [6.07, 6.45) is 4.49. The molecule has 8 nitrogen and oxygen atoms in total. The number of esters is 1. The number of hydrogen-bond donors (Lipinski definition) is 0. The van der Waals surface area contributed by atoms with E-state index in [1.165, 1.54) is 0 Å². The van der Waals surface area contributed by atoms with Crippen LogP contribution in [0.15, 0.2) is 29.4 Å². The van der Waals surface area contributed by atoms with Gasteiger partial charge in [-0.25, -0.2) is 4.98 Å². The summed E-state index contributed by atoms with van der Waals surface area (Å²) in [5.41, 5.74) is 0. The van der Waals surface area contributed by atoms with Gasteiger partial charge in [0.1, 0.15) is 10.8 Å². The average molecular weight is 519 g/mol. The predicted molar refractivity (Wildman–Crippen MR) is 135 cm³/mol. The fourth-order valence-electron chi connectivity index (χ4n) is 3.00. The maximum absolute atomic E-state index is 12.4. The monoisotopic (exact) mass is 518 g/mol. The number of ketones is 1. The van der Waals surface area contributed by atoms with Crippen LogP contribution in [0.5, 0.6) is 0 Å². The summed E-state index contributed by atoms with van der Waals surface area (Å²) in [6.45, 7) is 4.41. The Bertz CT molecular complexity index is 659. The van der Waals surface area contributed by atoms with Crippen molar-refractivity contribution in [3.63, 3.8) is 0 Å². The molecule has 0 saturated carbocycles. The van der Waals surface area contributed by atoms with Crippen LogP contribution in [-0.4, -0.2) is 83.8 Å². The standard InChI is InChI=1S/C22H38N2O6S2Si/c1-5-17-30-22(26)12-15-24(16-18-31-32-21-10-6-7-13-23-21)14-11-20(25)9-8-19-33(27-2,28-3)29-4/h6-7,10,13H,5,8-9,11-12,14-19H2,1-4H3. The van der Waals surface area contributed by atoms with Gasteiger partial charge >= 0.3 is 14.8 Å². The average Bonchev–Trinajstić information content (AvgIpc) is 2.85. The van der Waals surface area contributed by atoms with E-state index in [0.717, 1.165) is 23.7 Å². The maximum atomic E-state index is 12.4. The van der Waals surface area contributed by atoms with Crippen molar-refractivity contribution >= 4 is 42.1 Å². The van der Waals surface area contributed by atoms with Crippen molar-refractivity contribution in [2.75, 3.05) is 53.3 Å². The van der Waals surface area contributed by atoms with Gasteiger partial charge < -0.3 is 22.9 Å². The van der Waals surface area contributed by atoms with Crippen LogP contribution in [0.3, 0.4) is 0 Å². The molecule has 0 amide bonds. The zero-order valence-corrected chi connectivity index (χ0v) is 22.9. The summed E-state index contributed by atoms with van der Waals surface area (Å²) in [5, 5.41) is 0.968. The topological polar surface area (TPSA) is 87.2 Å². The van der Waals surface area contributed by atoms with Gasteiger partial charge in [0.15, 0.2) is 0 Å². The van der Waals surface area contributed by atoms with Gasteiger partial charge in [0.25, 0.3) is 0 Å². The Labute approximate surface area is 207 Å². The third-order valence-corrected chi connectivity index (χ3v) is 10.0. The molecule has 0 N–H and O–H groups in total. The lowest BCUT2D eigenvalue weighted by Crippen LogP contribution is -2.42. The number of hydrogen-bond acceptors (Lipinski definition) is 10. The molecule has 1 heterocycles. The van der Waals surface area contributed by atoms with Crippen LogP contribution in [0.2, 0.25) is 6.04 Å². The van der Waals surface area contributed by atoms with Crippen molar-refractivity contribution in [2.45, 2.75) is 50.1 Å². The molecule has 0 atom stereocenters. The molecule has 1 aromatic rings. The van der Waals surface area contributed by atoms with Gasteiger partial charge in [-0.2, -0.15) is 0 Å². The molecule has 11 heteroatoms. The number of carbonyl (C=O) groups is 2. The highest BCUT2D eigenvalue weighted by Gasteiger charge is 2.37. The molecule has 188 valence electrons. The molecule has 0 spiro atoms. The first kappa shape index (κ1) is 30.1. The molecule has 0 aliphatic carbocycles. The molecular formula is C22H38N2O6S2Si. The van der Waals surface area contributed by atoms with Crippen LogP contribution in [0.1, 0.15) is 39.0 Å². The molecule has 0 aliphatic rings. The first-order valence-corrected chi connectivity index (χ1v) is 15.5. The predicted octanol–water partition coefficient (Wildman–Crippen LogP) is 4.08. The number of carbonyl (C=O) groups excluding carboxylic acids is 2.